The Labute approximate surface area is 190 Å². The van der Waals surface area contributed by atoms with Crippen LogP contribution in [0.4, 0.5) is 11.4 Å². The summed E-state index contributed by atoms with van der Waals surface area (Å²) in [6, 6.07) is 9.46. The van der Waals surface area contributed by atoms with Gasteiger partial charge in [-0.1, -0.05) is 29.8 Å². The van der Waals surface area contributed by atoms with Crippen LogP contribution in [-0.4, -0.2) is 41.8 Å². The molecule has 4 rings (SSSR count). The molecule has 3 aromatic rings. The molecule has 0 radical (unpaired) electrons. The van der Waals surface area contributed by atoms with Crippen molar-refractivity contribution in [1.82, 2.24) is 9.55 Å². The van der Waals surface area contributed by atoms with Gasteiger partial charge in [0.1, 0.15) is 5.65 Å². The van der Waals surface area contributed by atoms with Crippen molar-refractivity contribution < 1.29 is 19.1 Å². The Hall–Kier alpha value is -3.10. The molecule has 9 heteroatoms. The second kappa shape index (κ2) is 9.58. The van der Waals surface area contributed by atoms with E-state index in [1.807, 2.05) is 37.3 Å². The number of halogens is 1. The van der Waals surface area contributed by atoms with E-state index < -0.39 is 5.97 Å². The minimum Gasteiger partial charge on any atom is -0.464 e. The Bertz CT molecular complexity index is 1150. The predicted molar refractivity (Wildman–Crippen MR) is 123 cm³/mol. The number of esters is 1. The topological polar surface area (TPSA) is 94.5 Å². The first-order valence-corrected chi connectivity index (χ1v) is 10.9. The average molecular weight is 457 g/mol. The van der Waals surface area contributed by atoms with Gasteiger partial charge in [-0.05, 0) is 31.0 Å². The zero-order chi connectivity index (χ0) is 22.7. The lowest BCUT2D eigenvalue weighted by Crippen LogP contribution is -2.24. The number of amides is 1. The van der Waals surface area contributed by atoms with Crippen LogP contribution < -0.4 is 10.6 Å². The van der Waals surface area contributed by atoms with Crippen LogP contribution >= 0.6 is 11.6 Å². The Kier molecular flexibility index (Phi) is 6.62. The summed E-state index contributed by atoms with van der Waals surface area (Å²) in [6.45, 7) is 3.83. The number of aromatic nitrogens is 2. The largest absolute Gasteiger partial charge is 0.464 e. The quantitative estimate of drug-likeness (QED) is 0.520. The lowest BCUT2D eigenvalue weighted by Gasteiger charge is -2.11. The van der Waals surface area contributed by atoms with E-state index in [1.165, 1.54) is 7.11 Å². The number of hydrogen-bond acceptors (Lipinski definition) is 6. The zero-order valence-electron chi connectivity index (χ0n) is 18.0. The lowest BCUT2D eigenvalue weighted by atomic mass is 10.1. The molecular weight excluding hydrogens is 432 g/mol. The number of nitrogens with one attached hydrogen (secondary N) is 2. The van der Waals surface area contributed by atoms with Crippen LogP contribution in [-0.2, 0) is 27.4 Å². The number of rotatable bonds is 7. The second-order valence-electron chi connectivity index (χ2n) is 7.55. The smallest absolute Gasteiger partial charge is 0.356 e. The molecule has 0 spiro atoms. The summed E-state index contributed by atoms with van der Waals surface area (Å²) in [6.07, 6.45) is 2.34. The fraction of sp³-hybridized carbons (Fsp3) is 0.348. The van der Waals surface area contributed by atoms with Gasteiger partial charge in [0.25, 0.3) is 0 Å². The first-order chi connectivity index (χ1) is 15.5. The number of fused-ring (bicyclic) bond motifs is 1. The van der Waals surface area contributed by atoms with Crippen LogP contribution in [0.25, 0.3) is 11.0 Å². The highest BCUT2D eigenvalue weighted by atomic mass is 35.5. The number of aryl methyl sites for hydroxylation is 1. The Morgan fingerprint density at radius 3 is 2.84 bits per heavy atom. The van der Waals surface area contributed by atoms with Gasteiger partial charge in [-0.2, -0.15) is 0 Å². The second-order valence-corrected chi connectivity index (χ2v) is 7.96. The third kappa shape index (κ3) is 4.28. The summed E-state index contributed by atoms with van der Waals surface area (Å²) in [5.74, 6) is -0.972. The van der Waals surface area contributed by atoms with E-state index in [1.54, 1.807) is 10.8 Å². The van der Waals surface area contributed by atoms with Crippen LogP contribution in [0, 0.1) is 5.92 Å². The third-order valence-electron chi connectivity index (χ3n) is 5.58. The van der Waals surface area contributed by atoms with Crippen molar-refractivity contribution in [3.63, 3.8) is 0 Å². The fourth-order valence-corrected chi connectivity index (χ4v) is 4.07. The molecule has 1 amide bonds. The molecular formula is C23H25ClN4O4. The summed E-state index contributed by atoms with van der Waals surface area (Å²) >= 11 is 6.26. The molecule has 8 nitrogen and oxygen atoms in total. The Balaban J connectivity index is 1.73. The Morgan fingerprint density at radius 2 is 2.16 bits per heavy atom. The summed E-state index contributed by atoms with van der Waals surface area (Å²) < 4.78 is 12.1. The summed E-state index contributed by atoms with van der Waals surface area (Å²) in [4.78, 5) is 30.1. The maximum atomic E-state index is 12.8. The molecule has 0 bridgehead atoms. The molecule has 168 valence electrons. The molecule has 1 saturated heterocycles. The number of nitrogens with zero attached hydrogens (tertiary/aromatic N) is 2. The fourth-order valence-electron chi connectivity index (χ4n) is 3.87. The molecule has 1 aromatic carbocycles. The van der Waals surface area contributed by atoms with Crippen molar-refractivity contribution in [2.75, 3.05) is 31.0 Å². The van der Waals surface area contributed by atoms with Gasteiger partial charge < -0.3 is 24.7 Å². The van der Waals surface area contributed by atoms with Gasteiger partial charge in [0, 0.05) is 30.1 Å². The maximum absolute atomic E-state index is 12.8. The maximum Gasteiger partial charge on any atom is 0.356 e. The first kappa shape index (κ1) is 22.1. The van der Waals surface area contributed by atoms with Crippen molar-refractivity contribution >= 4 is 45.9 Å². The number of carbonyl (C=O) groups is 2. The van der Waals surface area contributed by atoms with Gasteiger partial charge >= 0.3 is 5.97 Å². The van der Waals surface area contributed by atoms with E-state index in [9.17, 15) is 9.59 Å². The zero-order valence-corrected chi connectivity index (χ0v) is 18.7. The van der Waals surface area contributed by atoms with Crippen molar-refractivity contribution in [3.8, 4) is 0 Å². The average Bonchev–Trinajstić information content (AvgIpc) is 3.45. The van der Waals surface area contributed by atoms with Crippen molar-refractivity contribution in [2.45, 2.75) is 26.4 Å². The number of anilines is 2. The highest BCUT2D eigenvalue weighted by Gasteiger charge is 2.29. The molecule has 0 unspecified atom stereocenters. The van der Waals surface area contributed by atoms with Crippen molar-refractivity contribution in [2.24, 2.45) is 5.92 Å². The molecule has 1 atom stereocenters. The number of hydrogen-bond donors (Lipinski definition) is 2. The van der Waals surface area contributed by atoms with Crippen LogP contribution in [0.2, 0.25) is 5.02 Å². The molecule has 3 heterocycles. The minimum absolute atomic E-state index is 0.183. The Morgan fingerprint density at radius 1 is 1.34 bits per heavy atom. The first-order valence-electron chi connectivity index (χ1n) is 10.5. The lowest BCUT2D eigenvalue weighted by molar-refractivity contribution is -0.119. The van der Waals surface area contributed by atoms with Gasteiger partial charge in [0.15, 0.2) is 5.69 Å². The summed E-state index contributed by atoms with van der Waals surface area (Å²) in [5, 5.41) is 7.59. The van der Waals surface area contributed by atoms with Gasteiger partial charge in [-0.3, -0.25) is 4.79 Å². The van der Waals surface area contributed by atoms with Crippen molar-refractivity contribution in [3.05, 3.63) is 52.8 Å². The van der Waals surface area contributed by atoms with E-state index in [0.717, 1.165) is 11.3 Å². The van der Waals surface area contributed by atoms with Crippen LogP contribution in [0.1, 0.15) is 29.4 Å². The van der Waals surface area contributed by atoms with E-state index in [-0.39, 0.29) is 17.5 Å². The van der Waals surface area contributed by atoms with Crippen molar-refractivity contribution in [1.29, 1.82) is 0 Å². The molecule has 1 aliphatic rings. The van der Waals surface area contributed by atoms with Gasteiger partial charge in [-0.15, -0.1) is 0 Å². The minimum atomic E-state index is -0.534. The van der Waals surface area contributed by atoms with E-state index >= 15 is 0 Å². The molecule has 2 aromatic heterocycles. The predicted octanol–water partition coefficient (Wildman–Crippen LogP) is 4.08. The summed E-state index contributed by atoms with van der Waals surface area (Å²) in [5.41, 5.74) is 2.95. The number of ether oxygens (including phenoxy) is 2. The highest BCUT2D eigenvalue weighted by Crippen LogP contribution is 2.33. The van der Waals surface area contributed by atoms with E-state index in [4.69, 9.17) is 21.1 Å². The summed E-state index contributed by atoms with van der Waals surface area (Å²) in [7, 11) is 1.32. The monoisotopic (exact) mass is 456 g/mol. The SMILES string of the molecule is CCn1c(C(=O)OC)c(NC(=O)[C@H]2CCOC2)c2cc(NCc3ccccc3Cl)cnc21. The number of carbonyl (C=O) groups excluding carboxylic acids is 2. The molecule has 0 aliphatic carbocycles. The normalized spacial score (nSPS) is 15.7. The van der Waals surface area contributed by atoms with Crippen LogP contribution in [0.5, 0.6) is 0 Å². The molecule has 1 fully saturated rings. The molecule has 0 saturated carbocycles. The van der Waals surface area contributed by atoms with Crippen LogP contribution in [0.15, 0.2) is 36.5 Å². The van der Waals surface area contributed by atoms with Gasteiger partial charge in [0.2, 0.25) is 5.91 Å². The van der Waals surface area contributed by atoms with E-state index in [0.29, 0.717) is 54.5 Å². The number of methoxy groups -OCH3 is 1. The van der Waals surface area contributed by atoms with E-state index in [2.05, 4.69) is 15.6 Å². The van der Waals surface area contributed by atoms with Gasteiger partial charge in [-0.25, -0.2) is 9.78 Å². The van der Waals surface area contributed by atoms with Crippen LogP contribution in [0.3, 0.4) is 0 Å². The highest BCUT2D eigenvalue weighted by molar-refractivity contribution is 6.31. The number of benzene rings is 1. The standard InChI is InChI=1S/C23H25ClN4O4/c1-3-28-20(23(30)31-2)19(27-22(29)15-8-9-32-13-15)17-10-16(12-26-21(17)28)25-11-14-6-4-5-7-18(14)24/h4-7,10,12,15,25H,3,8-9,11,13H2,1-2H3,(H,27,29)/t15-/m0/s1. The third-order valence-corrected chi connectivity index (χ3v) is 5.95. The number of pyridine rings is 1. The molecule has 1 aliphatic heterocycles. The molecule has 2 N–H and O–H groups in total. The molecule has 32 heavy (non-hydrogen) atoms. The van der Waals surface area contributed by atoms with Gasteiger partial charge in [0.05, 0.1) is 37.2 Å².